The fraction of sp³-hybridized carbons (Fsp3) is 0.235. The van der Waals surface area contributed by atoms with Crippen LogP contribution >= 0.6 is 0 Å². The van der Waals surface area contributed by atoms with Gasteiger partial charge < -0.3 is 9.88 Å². The Morgan fingerprint density at radius 1 is 1.18 bits per heavy atom. The number of carbonyl (C=O) groups excluding carboxylic acids is 1. The fourth-order valence-corrected chi connectivity index (χ4v) is 2.47. The molecule has 0 unspecified atom stereocenters. The Morgan fingerprint density at radius 2 is 2.00 bits per heavy atom. The summed E-state index contributed by atoms with van der Waals surface area (Å²) >= 11 is 0. The molecule has 3 rings (SSSR count). The maximum atomic E-state index is 12.0. The van der Waals surface area contributed by atoms with Gasteiger partial charge in [-0.1, -0.05) is 18.2 Å². The van der Waals surface area contributed by atoms with Crippen molar-refractivity contribution in [3.63, 3.8) is 0 Å². The first-order valence-corrected chi connectivity index (χ1v) is 7.32. The van der Waals surface area contributed by atoms with Gasteiger partial charge in [0, 0.05) is 19.2 Å². The first-order valence-electron chi connectivity index (χ1n) is 7.32. The zero-order valence-corrected chi connectivity index (χ0v) is 12.5. The summed E-state index contributed by atoms with van der Waals surface area (Å²) in [5.41, 5.74) is 2.89. The molecule has 0 spiro atoms. The number of amides is 1. The van der Waals surface area contributed by atoms with Crippen LogP contribution in [0.2, 0.25) is 0 Å². The van der Waals surface area contributed by atoms with Crippen molar-refractivity contribution < 1.29 is 4.79 Å². The van der Waals surface area contributed by atoms with E-state index in [1.165, 1.54) is 0 Å². The quantitative estimate of drug-likeness (QED) is 0.786. The molecular formula is C17H18N4O. The summed E-state index contributed by atoms with van der Waals surface area (Å²) in [6, 6.07) is 13.6. The van der Waals surface area contributed by atoms with Crippen molar-refractivity contribution in [3.05, 3.63) is 60.2 Å². The topological polar surface area (TPSA) is 59.8 Å². The average molecular weight is 294 g/mol. The molecule has 3 aromatic rings. The molecule has 0 aliphatic carbocycles. The number of aryl methyl sites for hydroxylation is 2. The lowest BCUT2D eigenvalue weighted by molar-refractivity contribution is -0.121. The first-order chi connectivity index (χ1) is 10.7. The van der Waals surface area contributed by atoms with Crippen LogP contribution in [-0.4, -0.2) is 20.4 Å². The van der Waals surface area contributed by atoms with Crippen molar-refractivity contribution in [2.24, 2.45) is 0 Å². The second-order valence-corrected chi connectivity index (χ2v) is 5.15. The molecule has 0 fully saturated rings. The van der Waals surface area contributed by atoms with E-state index in [-0.39, 0.29) is 5.91 Å². The maximum Gasteiger partial charge on any atom is 0.222 e. The van der Waals surface area contributed by atoms with Gasteiger partial charge in [-0.05, 0) is 31.2 Å². The van der Waals surface area contributed by atoms with Gasteiger partial charge in [-0.25, -0.2) is 4.98 Å². The van der Waals surface area contributed by atoms with Crippen molar-refractivity contribution in [1.82, 2.24) is 19.9 Å². The third-order valence-electron chi connectivity index (χ3n) is 3.60. The van der Waals surface area contributed by atoms with Crippen LogP contribution in [0.25, 0.3) is 11.0 Å². The molecule has 1 N–H and O–H groups in total. The van der Waals surface area contributed by atoms with Crippen LogP contribution in [-0.2, 0) is 17.9 Å². The highest BCUT2D eigenvalue weighted by molar-refractivity contribution is 5.77. The van der Waals surface area contributed by atoms with Gasteiger partial charge in [0.1, 0.15) is 5.82 Å². The highest BCUT2D eigenvalue weighted by Crippen LogP contribution is 2.15. The number of nitrogens with one attached hydrogen (secondary N) is 1. The second-order valence-electron chi connectivity index (χ2n) is 5.15. The summed E-state index contributed by atoms with van der Waals surface area (Å²) in [4.78, 5) is 20.7. The number of imidazole rings is 1. The van der Waals surface area contributed by atoms with Crippen molar-refractivity contribution >= 4 is 16.9 Å². The number of hydrogen-bond donors (Lipinski definition) is 1. The standard InChI is InChI=1S/C17H18N4O/c1-13-20-15-7-2-3-8-16(15)21(13)11-9-17(22)19-12-14-6-4-5-10-18-14/h2-8,10H,9,11-12H2,1H3,(H,19,22). The lowest BCUT2D eigenvalue weighted by atomic mass is 10.3. The van der Waals surface area contributed by atoms with E-state index in [4.69, 9.17) is 0 Å². The zero-order chi connectivity index (χ0) is 15.4. The normalized spacial score (nSPS) is 10.8. The Balaban J connectivity index is 1.59. The molecule has 0 atom stereocenters. The van der Waals surface area contributed by atoms with Crippen molar-refractivity contribution in [2.45, 2.75) is 26.4 Å². The van der Waals surface area contributed by atoms with E-state index in [9.17, 15) is 4.79 Å². The SMILES string of the molecule is Cc1nc2ccccc2n1CCC(=O)NCc1ccccn1. The van der Waals surface area contributed by atoms with Crippen LogP contribution in [0.15, 0.2) is 48.7 Å². The number of aromatic nitrogens is 3. The number of carbonyl (C=O) groups is 1. The minimum atomic E-state index is 0.0165. The highest BCUT2D eigenvalue weighted by Gasteiger charge is 2.08. The van der Waals surface area contributed by atoms with E-state index >= 15 is 0 Å². The molecule has 0 saturated heterocycles. The molecule has 0 saturated carbocycles. The molecule has 2 aromatic heterocycles. The van der Waals surface area contributed by atoms with Crippen LogP contribution in [0.3, 0.4) is 0 Å². The van der Waals surface area contributed by atoms with Gasteiger partial charge in [0.15, 0.2) is 0 Å². The first kappa shape index (κ1) is 14.3. The van der Waals surface area contributed by atoms with Crippen LogP contribution in [0.4, 0.5) is 0 Å². The van der Waals surface area contributed by atoms with E-state index in [0.29, 0.717) is 19.5 Å². The summed E-state index contributed by atoms with van der Waals surface area (Å²) in [7, 11) is 0. The smallest absolute Gasteiger partial charge is 0.222 e. The minimum absolute atomic E-state index is 0.0165. The van der Waals surface area contributed by atoms with Crippen LogP contribution in [0.5, 0.6) is 0 Å². The maximum absolute atomic E-state index is 12.0. The molecule has 22 heavy (non-hydrogen) atoms. The van der Waals surface area contributed by atoms with Gasteiger partial charge in [-0.15, -0.1) is 0 Å². The Bertz CT molecular complexity index is 780. The molecule has 1 amide bonds. The Kier molecular flexibility index (Phi) is 4.14. The second kappa shape index (κ2) is 6.39. The van der Waals surface area contributed by atoms with Crippen molar-refractivity contribution in [1.29, 1.82) is 0 Å². The van der Waals surface area contributed by atoms with Gasteiger partial charge in [0.2, 0.25) is 5.91 Å². The summed E-state index contributed by atoms with van der Waals surface area (Å²) in [6.45, 7) is 3.05. The monoisotopic (exact) mass is 294 g/mol. The summed E-state index contributed by atoms with van der Waals surface area (Å²) in [5, 5.41) is 2.89. The molecule has 0 radical (unpaired) electrons. The van der Waals surface area contributed by atoms with Crippen molar-refractivity contribution in [3.8, 4) is 0 Å². The van der Waals surface area contributed by atoms with E-state index in [1.807, 2.05) is 49.4 Å². The predicted molar refractivity (Wildman–Crippen MR) is 85.2 cm³/mol. The van der Waals surface area contributed by atoms with E-state index in [2.05, 4.69) is 19.9 Å². The molecule has 0 aliphatic rings. The van der Waals surface area contributed by atoms with Gasteiger partial charge in [-0.2, -0.15) is 0 Å². The third-order valence-corrected chi connectivity index (χ3v) is 3.60. The van der Waals surface area contributed by atoms with Crippen LogP contribution < -0.4 is 5.32 Å². The molecule has 112 valence electrons. The number of rotatable bonds is 5. The molecule has 0 aliphatic heterocycles. The summed E-state index contributed by atoms with van der Waals surface area (Å²) in [6.07, 6.45) is 2.15. The number of fused-ring (bicyclic) bond motifs is 1. The number of hydrogen-bond acceptors (Lipinski definition) is 3. The number of para-hydroxylation sites is 2. The number of pyridine rings is 1. The minimum Gasteiger partial charge on any atom is -0.350 e. The highest BCUT2D eigenvalue weighted by atomic mass is 16.1. The summed E-state index contributed by atoms with van der Waals surface area (Å²) < 4.78 is 2.08. The Hall–Kier alpha value is -2.69. The summed E-state index contributed by atoms with van der Waals surface area (Å²) in [5.74, 6) is 0.946. The average Bonchev–Trinajstić information content (AvgIpc) is 2.87. The van der Waals surface area contributed by atoms with Gasteiger partial charge in [0.05, 0.1) is 23.3 Å². The zero-order valence-electron chi connectivity index (χ0n) is 12.5. The Labute approximate surface area is 129 Å². The molecule has 2 heterocycles. The molecular weight excluding hydrogens is 276 g/mol. The fourth-order valence-electron chi connectivity index (χ4n) is 2.47. The number of nitrogens with zero attached hydrogens (tertiary/aromatic N) is 3. The van der Waals surface area contributed by atoms with Crippen molar-refractivity contribution in [2.75, 3.05) is 0 Å². The lowest BCUT2D eigenvalue weighted by Gasteiger charge is -2.08. The van der Waals surface area contributed by atoms with Gasteiger partial charge in [0.25, 0.3) is 0 Å². The van der Waals surface area contributed by atoms with Crippen LogP contribution in [0.1, 0.15) is 17.9 Å². The van der Waals surface area contributed by atoms with E-state index in [0.717, 1.165) is 22.6 Å². The number of benzene rings is 1. The Morgan fingerprint density at radius 3 is 2.82 bits per heavy atom. The van der Waals surface area contributed by atoms with Crippen LogP contribution in [0, 0.1) is 6.92 Å². The van der Waals surface area contributed by atoms with E-state index in [1.54, 1.807) is 6.20 Å². The van der Waals surface area contributed by atoms with Gasteiger partial charge in [-0.3, -0.25) is 9.78 Å². The third kappa shape index (κ3) is 3.14. The largest absolute Gasteiger partial charge is 0.350 e. The van der Waals surface area contributed by atoms with Gasteiger partial charge >= 0.3 is 0 Å². The lowest BCUT2D eigenvalue weighted by Crippen LogP contribution is -2.24. The molecule has 0 bridgehead atoms. The molecule has 1 aromatic carbocycles. The molecule has 5 heteroatoms. The molecule has 5 nitrogen and oxygen atoms in total. The van der Waals surface area contributed by atoms with E-state index < -0.39 is 0 Å². The predicted octanol–water partition coefficient (Wildman–Crippen LogP) is 2.45.